The van der Waals surface area contributed by atoms with Crippen molar-refractivity contribution in [1.82, 2.24) is 0 Å². The van der Waals surface area contributed by atoms with Gasteiger partial charge in [0.15, 0.2) is 0 Å². The van der Waals surface area contributed by atoms with E-state index in [1.807, 2.05) is 11.8 Å². The second kappa shape index (κ2) is 3.16. The topological polar surface area (TPSA) is 9.23 Å². The Morgan fingerprint density at radius 1 is 1.21 bits per heavy atom. The number of rotatable bonds is 1. The van der Waals surface area contributed by atoms with Gasteiger partial charge in [0.05, 0.1) is 16.7 Å². The number of ether oxygens (including phenoxy) is 1. The minimum Gasteiger partial charge on any atom is -0.363 e. The van der Waals surface area contributed by atoms with Crippen molar-refractivity contribution in [2.45, 2.75) is 22.8 Å². The third-order valence-electron chi connectivity index (χ3n) is 3.08. The van der Waals surface area contributed by atoms with E-state index in [9.17, 15) is 0 Å². The zero-order chi connectivity index (χ0) is 9.71. The summed E-state index contributed by atoms with van der Waals surface area (Å²) in [5.41, 5.74) is 2.64. The van der Waals surface area contributed by atoms with Gasteiger partial charge in [-0.05, 0) is 17.4 Å². The summed E-state index contributed by atoms with van der Waals surface area (Å²) in [7, 11) is 0. The highest BCUT2D eigenvalue weighted by molar-refractivity contribution is 7.99. The molecule has 0 spiro atoms. The highest BCUT2D eigenvalue weighted by Gasteiger charge is 2.51. The predicted octanol–water partition coefficient (Wildman–Crippen LogP) is 3.15. The van der Waals surface area contributed by atoms with E-state index in [1.165, 1.54) is 11.1 Å². The Balaban J connectivity index is 2.09. The van der Waals surface area contributed by atoms with Crippen molar-refractivity contribution < 1.29 is 4.74 Å². The number of halogens is 1. The first-order valence-corrected chi connectivity index (χ1v) is 6.46. The number of hydrogen-bond donors (Lipinski definition) is 0. The van der Waals surface area contributed by atoms with Crippen molar-refractivity contribution in [1.29, 1.82) is 0 Å². The smallest absolute Gasteiger partial charge is 0.101 e. The molecule has 3 rings (SSSR count). The molecule has 0 aromatic heterocycles. The lowest BCUT2D eigenvalue weighted by Gasteiger charge is -2.23. The van der Waals surface area contributed by atoms with Crippen LogP contribution < -0.4 is 0 Å². The fourth-order valence-electron chi connectivity index (χ4n) is 2.43. The van der Waals surface area contributed by atoms with Crippen LogP contribution in [0.2, 0.25) is 0 Å². The first kappa shape index (κ1) is 9.08. The molecule has 1 saturated heterocycles. The number of benzene rings is 1. The van der Waals surface area contributed by atoms with Crippen molar-refractivity contribution in [3.8, 4) is 0 Å². The molecule has 4 atom stereocenters. The normalized spacial score (nSPS) is 38.7. The fourth-order valence-corrected chi connectivity index (χ4v) is 3.92. The van der Waals surface area contributed by atoms with Crippen LogP contribution in [0.4, 0.5) is 0 Å². The molecule has 14 heavy (non-hydrogen) atoms. The van der Waals surface area contributed by atoms with Gasteiger partial charge in [-0.15, -0.1) is 11.6 Å². The van der Waals surface area contributed by atoms with Gasteiger partial charge in [-0.1, -0.05) is 24.3 Å². The molecule has 3 heteroatoms. The van der Waals surface area contributed by atoms with Gasteiger partial charge in [-0.3, -0.25) is 0 Å². The summed E-state index contributed by atoms with van der Waals surface area (Å²) in [5.74, 6) is 0. The maximum Gasteiger partial charge on any atom is 0.101 e. The van der Waals surface area contributed by atoms with Gasteiger partial charge in [0.1, 0.15) is 6.10 Å². The summed E-state index contributed by atoms with van der Waals surface area (Å²) in [4.78, 5) is 0. The first-order chi connectivity index (χ1) is 6.83. The molecule has 0 saturated carbocycles. The van der Waals surface area contributed by atoms with Crippen LogP contribution in [-0.4, -0.2) is 16.9 Å². The molecule has 2 bridgehead atoms. The Hall–Kier alpha value is -0.180. The van der Waals surface area contributed by atoms with E-state index in [2.05, 4.69) is 30.5 Å². The molecule has 0 amide bonds. The second-order valence-electron chi connectivity index (χ2n) is 3.75. The van der Waals surface area contributed by atoms with Crippen LogP contribution in [0, 0.1) is 0 Å². The van der Waals surface area contributed by atoms with Gasteiger partial charge in [-0.25, -0.2) is 0 Å². The molecular formula is C11H11ClOS. The molecule has 1 fully saturated rings. The lowest BCUT2D eigenvalue weighted by Crippen LogP contribution is -2.24. The molecule has 74 valence electrons. The maximum atomic E-state index is 6.36. The third kappa shape index (κ3) is 1.02. The summed E-state index contributed by atoms with van der Waals surface area (Å²) in [6, 6.07) is 8.42. The molecule has 2 heterocycles. The summed E-state index contributed by atoms with van der Waals surface area (Å²) < 4.78 is 5.91. The SMILES string of the molecule is CS[C@H]1[C@H](Cl)[C@H]2O[C@@H]1c1ccccc12. The number of fused-ring (bicyclic) bond motifs is 5. The van der Waals surface area contributed by atoms with Crippen LogP contribution >= 0.6 is 23.4 Å². The second-order valence-corrected chi connectivity index (χ2v) is 5.27. The van der Waals surface area contributed by atoms with E-state index in [1.54, 1.807) is 0 Å². The molecule has 1 nitrogen and oxygen atoms in total. The molecular weight excluding hydrogens is 216 g/mol. The molecule has 0 N–H and O–H groups in total. The standard InChI is InChI=1S/C11H11ClOS/c1-14-11-8(12)9-6-4-2-3-5-7(6)10(11)13-9/h2-5,8-11H,1H3/t8-,9+,10-,11+/m1/s1. The maximum absolute atomic E-state index is 6.36. The van der Waals surface area contributed by atoms with Crippen LogP contribution in [0.15, 0.2) is 24.3 Å². The van der Waals surface area contributed by atoms with Crippen LogP contribution in [0.5, 0.6) is 0 Å². The summed E-state index contributed by atoms with van der Waals surface area (Å²) in [6.45, 7) is 0. The minimum absolute atomic E-state index is 0.121. The lowest BCUT2D eigenvalue weighted by atomic mass is 9.91. The van der Waals surface area contributed by atoms with E-state index in [0.717, 1.165) is 0 Å². The number of thioether (sulfide) groups is 1. The Labute approximate surface area is 92.8 Å². The average Bonchev–Trinajstić information content (AvgIpc) is 2.74. The quantitative estimate of drug-likeness (QED) is 0.681. The third-order valence-corrected chi connectivity index (χ3v) is 4.81. The Morgan fingerprint density at radius 2 is 1.86 bits per heavy atom. The van der Waals surface area contributed by atoms with Crippen molar-refractivity contribution >= 4 is 23.4 Å². The lowest BCUT2D eigenvalue weighted by molar-refractivity contribution is 0.0735. The molecule has 0 aliphatic carbocycles. The summed E-state index contributed by atoms with van der Waals surface area (Å²) in [5, 5.41) is 0.543. The molecule has 1 aromatic rings. The van der Waals surface area contributed by atoms with Gasteiger partial charge in [0.25, 0.3) is 0 Å². The van der Waals surface area contributed by atoms with Gasteiger partial charge < -0.3 is 4.74 Å². The molecule has 1 aromatic carbocycles. The Morgan fingerprint density at radius 3 is 2.50 bits per heavy atom. The van der Waals surface area contributed by atoms with E-state index in [4.69, 9.17) is 16.3 Å². The van der Waals surface area contributed by atoms with Crippen molar-refractivity contribution in [3.63, 3.8) is 0 Å². The van der Waals surface area contributed by atoms with Gasteiger partial charge in [-0.2, -0.15) is 11.8 Å². The largest absolute Gasteiger partial charge is 0.363 e. The van der Waals surface area contributed by atoms with Crippen LogP contribution in [0.1, 0.15) is 23.3 Å². The Kier molecular flexibility index (Phi) is 2.05. The van der Waals surface area contributed by atoms with Crippen molar-refractivity contribution in [2.75, 3.05) is 6.26 Å². The average molecular weight is 227 g/mol. The zero-order valence-electron chi connectivity index (χ0n) is 7.81. The van der Waals surface area contributed by atoms with Gasteiger partial charge in [0.2, 0.25) is 0 Å². The van der Waals surface area contributed by atoms with Crippen molar-refractivity contribution in [2.24, 2.45) is 0 Å². The Bertz CT molecular complexity index is 368. The van der Waals surface area contributed by atoms with Crippen LogP contribution in [0.3, 0.4) is 0 Å². The fraction of sp³-hybridized carbons (Fsp3) is 0.455. The van der Waals surface area contributed by atoms with E-state index < -0.39 is 0 Å². The minimum atomic E-state index is 0.121. The molecule has 0 radical (unpaired) electrons. The predicted molar refractivity (Wildman–Crippen MR) is 60.0 cm³/mol. The van der Waals surface area contributed by atoms with Crippen LogP contribution in [-0.2, 0) is 4.74 Å². The number of alkyl halides is 1. The highest BCUT2D eigenvalue weighted by atomic mass is 35.5. The van der Waals surface area contributed by atoms with E-state index >= 15 is 0 Å². The summed E-state index contributed by atoms with van der Waals surface area (Å²) >= 11 is 8.17. The van der Waals surface area contributed by atoms with Crippen molar-refractivity contribution in [3.05, 3.63) is 35.4 Å². The van der Waals surface area contributed by atoms with Crippen LogP contribution in [0.25, 0.3) is 0 Å². The summed E-state index contributed by atoms with van der Waals surface area (Å²) in [6.07, 6.45) is 2.44. The molecule has 2 aliphatic heterocycles. The molecule has 0 unspecified atom stereocenters. The van der Waals surface area contributed by atoms with E-state index in [-0.39, 0.29) is 17.6 Å². The number of hydrogen-bond acceptors (Lipinski definition) is 2. The van der Waals surface area contributed by atoms with Gasteiger partial charge in [0, 0.05) is 0 Å². The van der Waals surface area contributed by atoms with E-state index in [0.29, 0.717) is 5.25 Å². The first-order valence-electron chi connectivity index (χ1n) is 4.74. The highest BCUT2D eigenvalue weighted by Crippen LogP contribution is 2.55. The van der Waals surface area contributed by atoms with Gasteiger partial charge >= 0.3 is 0 Å². The zero-order valence-corrected chi connectivity index (χ0v) is 9.39. The molecule has 2 aliphatic rings. The monoisotopic (exact) mass is 226 g/mol.